The smallest absolute Gasteiger partial charge is 0.0547 e. The molecule has 2 heteroatoms. The lowest BCUT2D eigenvalue weighted by Crippen LogP contribution is -1.93. The fourth-order valence-corrected chi connectivity index (χ4v) is 7.01. The van der Waals surface area contributed by atoms with Gasteiger partial charge < -0.3 is 4.57 Å². The number of nitrogens with zero attached hydrogens (tertiary/aromatic N) is 1. The van der Waals surface area contributed by atoms with Crippen molar-refractivity contribution in [3.05, 3.63) is 115 Å². The second kappa shape index (κ2) is 6.94. The lowest BCUT2D eigenvalue weighted by Gasteiger charge is -2.10. The van der Waals surface area contributed by atoms with Gasteiger partial charge in [0.25, 0.3) is 0 Å². The first-order chi connectivity index (χ1) is 17.3. The Labute approximate surface area is 206 Å². The Balaban J connectivity index is 1.54. The van der Waals surface area contributed by atoms with Crippen LogP contribution in [-0.2, 0) is 0 Å². The fourth-order valence-electron chi connectivity index (χ4n) is 5.88. The molecule has 0 aliphatic rings. The molecule has 0 fully saturated rings. The summed E-state index contributed by atoms with van der Waals surface area (Å²) in [6.45, 7) is 2.14. The number of rotatable bonds is 1. The minimum Gasteiger partial charge on any atom is -0.309 e. The number of hydrogen-bond donors (Lipinski definition) is 0. The van der Waals surface area contributed by atoms with Crippen molar-refractivity contribution < 1.29 is 0 Å². The van der Waals surface area contributed by atoms with E-state index in [1.165, 1.54) is 74.8 Å². The molecular weight excluding hydrogens is 442 g/mol. The first-order valence-corrected chi connectivity index (χ1v) is 12.9. The van der Waals surface area contributed by atoms with E-state index in [9.17, 15) is 0 Å². The third-order valence-corrected chi connectivity index (χ3v) is 8.60. The van der Waals surface area contributed by atoms with Crippen LogP contribution in [0.2, 0.25) is 0 Å². The Morgan fingerprint density at radius 1 is 0.457 bits per heavy atom. The van der Waals surface area contributed by atoms with Crippen molar-refractivity contribution >= 4 is 74.9 Å². The van der Waals surface area contributed by atoms with Crippen LogP contribution in [-0.4, -0.2) is 4.57 Å². The van der Waals surface area contributed by atoms with Crippen LogP contribution in [0.15, 0.2) is 109 Å². The predicted molar refractivity (Wildman–Crippen MR) is 153 cm³/mol. The number of para-hydroxylation sites is 1. The van der Waals surface area contributed by atoms with E-state index in [0.29, 0.717) is 0 Å². The molecule has 0 bridgehead atoms. The van der Waals surface area contributed by atoms with Gasteiger partial charge in [-0.3, -0.25) is 0 Å². The molecule has 0 aliphatic carbocycles. The molecule has 0 spiro atoms. The average molecular weight is 464 g/mol. The van der Waals surface area contributed by atoms with Gasteiger partial charge in [0.2, 0.25) is 0 Å². The first-order valence-electron chi connectivity index (χ1n) is 12.0. The van der Waals surface area contributed by atoms with Crippen LogP contribution in [0.5, 0.6) is 0 Å². The Bertz CT molecular complexity index is 2110. The molecule has 0 atom stereocenters. The minimum atomic E-state index is 1.20. The Morgan fingerprint density at radius 2 is 1.11 bits per heavy atom. The van der Waals surface area contributed by atoms with E-state index in [1.54, 1.807) is 0 Å². The van der Waals surface area contributed by atoms with Crippen LogP contribution in [0.25, 0.3) is 69.2 Å². The largest absolute Gasteiger partial charge is 0.309 e. The van der Waals surface area contributed by atoms with Crippen molar-refractivity contribution in [1.82, 2.24) is 4.57 Å². The van der Waals surface area contributed by atoms with Crippen LogP contribution >= 0.6 is 11.3 Å². The summed E-state index contributed by atoms with van der Waals surface area (Å²) < 4.78 is 5.12. The molecule has 0 saturated carbocycles. The highest BCUT2D eigenvalue weighted by molar-refractivity contribution is 7.26. The third-order valence-electron chi connectivity index (χ3n) is 7.46. The molecule has 164 valence electrons. The summed E-state index contributed by atoms with van der Waals surface area (Å²) >= 11 is 1.88. The van der Waals surface area contributed by atoms with Gasteiger partial charge in [-0.2, -0.15) is 0 Å². The molecule has 0 saturated heterocycles. The summed E-state index contributed by atoms with van der Waals surface area (Å²) in [6.07, 6.45) is 0. The zero-order valence-electron chi connectivity index (χ0n) is 19.2. The molecule has 0 aliphatic heterocycles. The molecule has 2 heterocycles. The van der Waals surface area contributed by atoms with Crippen LogP contribution in [0.1, 0.15) is 5.56 Å². The van der Waals surface area contributed by atoms with E-state index in [4.69, 9.17) is 0 Å². The van der Waals surface area contributed by atoms with Crippen molar-refractivity contribution in [1.29, 1.82) is 0 Å². The lowest BCUT2D eigenvalue weighted by molar-refractivity contribution is 1.18. The summed E-state index contributed by atoms with van der Waals surface area (Å²) in [7, 11) is 0. The maximum Gasteiger partial charge on any atom is 0.0547 e. The molecular formula is C33H21NS. The van der Waals surface area contributed by atoms with E-state index in [-0.39, 0.29) is 0 Å². The normalized spacial score (nSPS) is 12.1. The Morgan fingerprint density at radius 3 is 1.94 bits per heavy atom. The van der Waals surface area contributed by atoms with Gasteiger partial charge in [-0.25, -0.2) is 0 Å². The van der Waals surface area contributed by atoms with Crippen molar-refractivity contribution in [2.24, 2.45) is 0 Å². The second-order valence-corrected chi connectivity index (χ2v) is 10.5. The third kappa shape index (κ3) is 2.58. The van der Waals surface area contributed by atoms with Crippen molar-refractivity contribution in [3.8, 4) is 5.69 Å². The van der Waals surface area contributed by atoms with E-state index >= 15 is 0 Å². The maximum atomic E-state index is 2.41. The zero-order valence-corrected chi connectivity index (χ0v) is 20.1. The Kier molecular flexibility index (Phi) is 3.81. The van der Waals surface area contributed by atoms with Gasteiger partial charge in [0.05, 0.1) is 11.0 Å². The minimum absolute atomic E-state index is 1.20. The zero-order chi connectivity index (χ0) is 23.1. The molecule has 0 unspecified atom stereocenters. The SMILES string of the molecule is Cc1ccc(-n2c3ccccc3c3c4ccc5c(ccc6sc7ccccc7c65)c4ccc32)cc1. The molecule has 35 heavy (non-hydrogen) atoms. The van der Waals surface area contributed by atoms with Crippen molar-refractivity contribution in [3.63, 3.8) is 0 Å². The van der Waals surface area contributed by atoms with Crippen LogP contribution in [0, 0.1) is 6.92 Å². The quantitative estimate of drug-likeness (QED) is 0.213. The number of thiophene rings is 1. The molecule has 0 N–H and O–H groups in total. The summed E-state index contributed by atoms with van der Waals surface area (Å²) in [4.78, 5) is 0. The standard InChI is InChI=1S/C33H21NS/c1-20-10-12-21(13-11-20)34-28-8-4-2-6-26(28)32-24-14-15-25-23(22(24)16-18-29(32)34)17-19-31-33(25)27-7-3-5-9-30(27)35-31/h2-19H,1H3. The molecule has 1 nitrogen and oxygen atoms in total. The van der Waals surface area contributed by atoms with E-state index in [2.05, 4.69) is 121 Å². The molecule has 0 radical (unpaired) electrons. The predicted octanol–water partition coefficient (Wildman–Crippen LogP) is 9.77. The van der Waals surface area contributed by atoms with Crippen molar-refractivity contribution in [2.45, 2.75) is 6.92 Å². The molecule has 2 aromatic heterocycles. The van der Waals surface area contributed by atoms with Gasteiger partial charge in [0.15, 0.2) is 0 Å². The summed E-state index contributed by atoms with van der Waals surface area (Å²) in [6, 6.07) is 40.4. The fraction of sp³-hybridized carbons (Fsp3) is 0.0303. The van der Waals surface area contributed by atoms with Crippen molar-refractivity contribution in [2.75, 3.05) is 0 Å². The molecule has 8 aromatic rings. The van der Waals surface area contributed by atoms with Gasteiger partial charge in [-0.05, 0) is 64.9 Å². The van der Waals surface area contributed by atoms with Crippen LogP contribution in [0.4, 0.5) is 0 Å². The van der Waals surface area contributed by atoms with Gasteiger partial charge in [0.1, 0.15) is 0 Å². The highest BCUT2D eigenvalue weighted by Gasteiger charge is 2.16. The van der Waals surface area contributed by atoms with E-state index in [0.717, 1.165) is 0 Å². The summed E-state index contributed by atoms with van der Waals surface area (Å²) in [5, 5.41) is 10.7. The highest BCUT2D eigenvalue weighted by atomic mass is 32.1. The monoisotopic (exact) mass is 463 g/mol. The van der Waals surface area contributed by atoms with E-state index in [1.807, 2.05) is 11.3 Å². The first kappa shape index (κ1) is 19.2. The Hall–Kier alpha value is -4.14. The van der Waals surface area contributed by atoms with Crippen LogP contribution < -0.4 is 0 Å². The van der Waals surface area contributed by atoms with E-state index < -0.39 is 0 Å². The van der Waals surface area contributed by atoms with Crippen LogP contribution in [0.3, 0.4) is 0 Å². The summed E-state index contributed by atoms with van der Waals surface area (Å²) in [5.41, 5.74) is 4.98. The maximum absolute atomic E-state index is 2.41. The van der Waals surface area contributed by atoms with Gasteiger partial charge in [0, 0.05) is 36.6 Å². The highest BCUT2D eigenvalue weighted by Crippen LogP contribution is 2.43. The van der Waals surface area contributed by atoms with Gasteiger partial charge in [-0.1, -0.05) is 78.4 Å². The number of aryl methyl sites for hydroxylation is 1. The number of benzene rings is 6. The second-order valence-electron chi connectivity index (χ2n) is 9.44. The summed E-state index contributed by atoms with van der Waals surface area (Å²) in [5.74, 6) is 0. The molecule has 8 rings (SSSR count). The average Bonchev–Trinajstić information content (AvgIpc) is 3.45. The molecule has 0 amide bonds. The number of aromatic nitrogens is 1. The lowest BCUT2D eigenvalue weighted by atomic mass is 9.96. The van der Waals surface area contributed by atoms with Gasteiger partial charge in [-0.15, -0.1) is 11.3 Å². The van der Waals surface area contributed by atoms with Gasteiger partial charge >= 0.3 is 0 Å². The topological polar surface area (TPSA) is 4.93 Å². The number of hydrogen-bond acceptors (Lipinski definition) is 1. The number of fused-ring (bicyclic) bond motifs is 11. The molecule has 6 aromatic carbocycles.